The topological polar surface area (TPSA) is 58.4 Å². The average Bonchev–Trinajstić information content (AvgIpc) is 3.41. The van der Waals surface area contributed by atoms with E-state index < -0.39 is 0 Å². The van der Waals surface area contributed by atoms with E-state index in [2.05, 4.69) is 17.1 Å². The fourth-order valence-electron chi connectivity index (χ4n) is 4.19. The zero-order valence-electron chi connectivity index (χ0n) is 16.2. The Morgan fingerprint density at radius 3 is 2.75 bits per heavy atom. The van der Waals surface area contributed by atoms with E-state index in [0.29, 0.717) is 18.8 Å². The fourth-order valence-corrected chi connectivity index (χ4v) is 5.02. The maximum atomic E-state index is 13.1. The number of aryl methyl sites for hydroxylation is 1. The minimum atomic E-state index is -0.361. The third-order valence-corrected chi connectivity index (χ3v) is 6.97. The van der Waals surface area contributed by atoms with Crippen molar-refractivity contribution < 1.29 is 9.59 Å². The van der Waals surface area contributed by atoms with Gasteiger partial charge in [-0.15, -0.1) is 0 Å². The number of rotatable bonds is 6. The summed E-state index contributed by atoms with van der Waals surface area (Å²) in [5.41, 5.74) is 0.894. The van der Waals surface area contributed by atoms with Crippen molar-refractivity contribution in [1.82, 2.24) is 19.4 Å². The second-order valence-corrected chi connectivity index (χ2v) is 8.68. The minimum Gasteiger partial charge on any atom is -0.342 e. The van der Waals surface area contributed by atoms with E-state index in [9.17, 15) is 9.59 Å². The van der Waals surface area contributed by atoms with Gasteiger partial charge in [-0.3, -0.25) is 9.59 Å². The van der Waals surface area contributed by atoms with E-state index in [1.165, 1.54) is 17.3 Å². The Hall–Kier alpha value is -2.28. The Balaban J connectivity index is 1.30. The molecule has 2 aromatic rings. The quantitative estimate of drug-likeness (QED) is 0.700. The van der Waals surface area contributed by atoms with Crippen LogP contribution in [-0.4, -0.2) is 63.1 Å². The van der Waals surface area contributed by atoms with E-state index in [1.807, 2.05) is 45.8 Å². The number of carbonyl (C=O) groups excluding carboxylic acids is 2. The predicted octanol–water partition coefficient (Wildman–Crippen LogP) is 2.21. The first-order valence-electron chi connectivity index (χ1n) is 9.79. The van der Waals surface area contributed by atoms with Crippen molar-refractivity contribution in [2.24, 2.45) is 12.5 Å². The molecule has 1 spiro atoms. The van der Waals surface area contributed by atoms with E-state index >= 15 is 0 Å². The number of hydrogen-bond acceptors (Lipinski definition) is 4. The van der Waals surface area contributed by atoms with Gasteiger partial charge in [-0.25, -0.2) is 4.98 Å². The van der Waals surface area contributed by atoms with Crippen LogP contribution in [0, 0.1) is 5.41 Å². The van der Waals surface area contributed by atoms with Crippen LogP contribution in [-0.2, 0) is 23.1 Å². The van der Waals surface area contributed by atoms with Crippen molar-refractivity contribution in [3.05, 3.63) is 48.3 Å². The molecule has 2 fully saturated rings. The molecule has 148 valence electrons. The molecule has 1 atom stereocenters. The van der Waals surface area contributed by atoms with E-state index in [0.717, 1.165) is 37.5 Å². The lowest BCUT2D eigenvalue weighted by molar-refractivity contribution is -0.136. The number of carbonyl (C=O) groups is 2. The molecule has 2 aliphatic rings. The maximum Gasteiger partial charge on any atom is 0.233 e. The minimum absolute atomic E-state index is 0.0976. The van der Waals surface area contributed by atoms with Crippen LogP contribution in [0.15, 0.2) is 47.9 Å². The summed E-state index contributed by atoms with van der Waals surface area (Å²) in [6.45, 7) is 2.80. The maximum absolute atomic E-state index is 13.1. The zero-order valence-corrected chi connectivity index (χ0v) is 17.0. The number of aromatic nitrogens is 2. The molecule has 0 N–H and O–H groups in total. The Kier molecular flexibility index (Phi) is 5.44. The number of nitrogens with zero attached hydrogens (tertiary/aromatic N) is 4. The summed E-state index contributed by atoms with van der Waals surface area (Å²) in [6.07, 6.45) is 6.13. The second kappa shape index (κ2) is 7.99. The summed E-state index contributed by atoms with van der Waals surface area (Å²) in [5, 5.41) is 0.839. The molecule has 0 radical (unpaired) electrons. The Bertz CT molecular complexity index is 853. The largest absolute Gasteiger partial charge is 0.342 e. The van der Waals surface area contributed by atoms with Gasteiger partial charge in [0.05, 0.1) is 11.2 Å². The van der Waals surface area contributed by atoms with Gasteiger partial charge in [-0.05, 0) is 24.8 Å². The number of thioether (sulfide) groups is 1. The van der Waals surface area contributed by atoms with Crippen LogP contribution in [0.5, 0.6) is 0 Å². The molecule has 3 heterocycles. The second-order valence-electron chi connectivity index (χ2n) is 7.73. The highest BCUT2D eigenvalue weighted by atomic mass is 32.2. The van der Waals surface area contributed by atoms with Gasteiger partial charge in [-0.1, -0.05) is 42.1 Å². The van der Waals surface area contributed by atoms with Crippen molar-refractivity contribution in [3.63, 3.8) is 0 Å². The van der Waals surface area contributed by atoms with Crippen LogP contribution in [0.1, 0.15) is 18.4 Å². The van der Waals surface area contributed by atoms with Gasteiger partial charge in [0.25, 0.3) is 0 Å². The Morgan fingerprint density at radius 2 is 2.00 bits per heavy atom. The van der Waals surface area contributed by atoms with Gasteiger partial charge in [0.2, 0.25) is 11.8 Å². The summed E-state index contributed by atoms with van der Waals surface area (Å²) in [6, 6.07) is 10.3. The fraction of sp³-hybridized carbons (Fsp3) is 0.476. The van der Waals surface area contributed by atoms with Gasteiger partial charge in [-0.2, -0.15) is 0 Å². The van der Waals surface area contributed by atoms with Gasteiger partial charge in [0, 0.05) is 45.6 Å². The third-order valence-electron chi connectivity index (χ3n) is 5.92. The van der Waals surface area contributed by atoms with Crippen molar-refractivity contribution in [2.75, 3.05) is 31.9 Å². The molecule has 2 amide bonds. The first-order chi connectivity index (χ1) is 13.6. The predicted molar refractivity (Wildman–Crippen MR) is 109 cm³/mol. The molecule has 0 aliphatic carbocycles. The van der Waals surface area contributed by atoms with Crippen LogP contribution >= 0.6 is 11.8 Å². The lowest BCUT2D eigenvalue weighted by atomic mass is 9.85. The number of imidazole rings is 1. The number of likely N-dealkylation sites (tertiary alicyclic amines) is 2. The van der Waals surface area contributed by atoms with Gasteiger partial charge in [0.1, 0.15) is 0 Å². The van der Waals surface area contributed by atoms with Crippen molar-refractivity contribution >= 4 is 23.6 Å². The van der Waals surface area contributed by atoms with Crippen molar-refractivity contribution in [1.29, 1.82) is 0 Å². The summed E-state index contributed by atoms with van der Waals surface area (Å²) in [7, 11) is 1.92. The van der Waals surface area contributed by atoms with Crippen molar-refractivity contribution in [2.45, 2.75) is 24.4 Å². The molecule has 4 rings (SSSR count). The number of hydrogen-bond donors (Lipinski definition) is 0. The molecule has 1 aromatic heterocycles. The van der Waals surface area contributed by atoms with Crippen LogP contribution in [0.2, 0.25) is 0 Å². The molecular weight excluding hydrogens is 372 g/mol. The lowest BCUT2D eigenvalue weighted by Gasteiger charge is -2.23. The third kappa shape index (κ3) is 3.81. The molecule has 1 unspecified atom stereocenters. The lowest BCUT2D eigenvalue weighted by Crippen LogP contribution is -2.39. The molecule has 2 aliphatic heterocycles. The number of benzene rings is 1. The first kappa shape index (κ1) is 19.1. The SMILES string of the molecule is Cn1ccnc1SCC(=O)N1CCC2(CCN(CCc3ccccc3)C2=O)C1. The molecule has 6 nitrogen and oxygen atoms in total. The summed E-state index contributed by atoms with van der Waals surface area (Å²) in [4.78, 5) is 33.8. The molecule has 0 saturated carbocycles. The zero-order chi connectivity index (χ0) is 19.6. The summed E-state index contributed by atoms with van der Waals surface area (Å²) in [5.74, 6) is 0.697. The number of amides is 2. The van der Waals surface area contributed by atoms with Crippen LogP contribution in [0.3, 0.4) is 0 Å². The monoisotopic (exact) mass is 398 g/mol. The van der Waals surface area contributed by atoms with Crippen LogP contribution < -0.4 is 0 Å². The van der Waals surface area contributed by atoms with E-state index in [1.54, 1.807) is 6.20 Å². The molecule has 0 bridgehead atoms. The molecular formula is C21H26N4O2S. The van der Waals surface area contributed by atoms with Gasteiger partial charge < -0.3 is 14.4 Å². The van der Waals surface area contributed by atoms with E-state index in [-0.39, 0.29) is 17.2 Å². The van der Waals surface area contributed by atoms with E-state index in [4.69, 9.17) is 0 Å². The molecule has 2 saturated heterocycles. The standard InChI is InChI=1S/C21H26N4O2S/c1-23-14-10-22-20(23)28-15-18(26)25-13-9-21(16-25)8-12-24(19(21)27)11-7-17-5-3-2-4-6-17/h2-6,10,14H,7-9,11-13,15-16H2,1H3. The van der Waals surface area contributed by atoms with Crippen LogP contribution in [0.4, 0.5) is 0 Å². The highest BCUT2D eigenvalue weighted by Crippen LogP contribution is 2.41. The normalized spacial score (nSPS) is 21.8. The van der Waals surface area contributed by atoms with Crippen LogP contribution in [0.25, 0.3) is 0 Å². The molecule has 7 heteroatoms. The van der Waals surface area contributed by atoms with Gasteiger partial charge >= 0.3 is 0 Å². The first-order valence-corrected chi connectivity index (χ1v) is 10.8. The summed E-state index contributed by atoms with van der Waals surface area (Å²) >= 11 is 1.45. The average molecular weight is 399 g/mol. The van der Waals surface area contributed by atoms with Crippen molar-refractivity contribution in [3.8, 4) is 0 Å². The molecule has 1 aromatic carbocycles. The highest BCUT2D eigenvalue weighted by Gasteiger charge is 2.51. The Labute approximate surface area is 169 Å². The molecule has 28 heavy (non-hydrogen) atoms. The smallest absolute Gasteiger partial charge is 0.233 e. The summed E-state index contributed by atoms with van der Waals surface area (Å²) < 4.78 is 1.91. The van der Waals surface area contributed by atoms with Gasteiger partial charge in [0.15, 0.2) is 5.16 Å². The Morgan fingerprint density at radius 1 is 1.21 bits per heavy atom. The highest BCUT2D eigenvalue weighted by molar-refractivity contribution is 7.99.